The van der Waals surface area contributed by atoms with Crippen LogP contribution in [0.2, 0.25) is 0 Å². The lowest BCUT2D eigenvalue weighted by atomic mass is 10.4. The van der Waals surface area contributed by atoms with Gasteiger partial charge in [0.15, 0.2) is 11.6 Å². The van der Waals surface area contributed by atoms with Crippen LogP contribution in [0.4, 0.5) is 14.6 Å². The summed E-state index contributed by atoms with van der Waals surface area (Å²) in [5.41, 5.74) is 4.83. The molecule has 0 saturated carbocycles. The van der Waals surface area contributed by atoms with Gasteiger partial charge in [-0.1, -0.05) is 0 Å². The molecule has 0 aliphatic rings. The molecular formula is C9H11F2N3O2. The van der Waals surface area contributed by atoms with E-state index in [-0.39, 0.29) is 25.6 Å². The molecule has 16 heavy (non-hydrogen) atoms. The summed E-state index contributed by atoms with van der Waals surface area (Å²) in [5.74, 6) is -2.17. The lowest BCUT2D eigenvalue weighted by molar-refractivity contribution is -0.122. The van der Waals surface area contributed by atoms with E-state index in [0.717, 1.165) is 12.3 Å². The molecule has 0 bridgehead atoms. The molecular weight excluding hydrogens is 220 g/mol. The summed E-state index contributed by atoms with van der Waals surface area (Å²) in [4.78, 5) is 13.8. The lowest BCUT2D eigenvalue weighted by Gasteiger charge is -2.06. The number of rotatable bonds is 6. The zero-order valence-corrected chi connectivity index (χ0v) is 8.37. The average molecular weight is 231 g/mol. The highest BCUT2D eigenvalue weighted by molar-refractivity contribution is 5.74. The van der Waals surface area contributed by atoms with Crippen molar-refractivity contribution in [3.05, 3.63) is 23.9 Å². The molecule has 0 atom stereocenters. The van der Waals surface area contributed by atoms with Gasteiger partial charge in [0.2, 0.25) is 5.91 Å². The second-order valence-corrected chi connectivity index (χ2v) is 2.93. The van der Waals surface area contributed by atoms with Gasteiger partial charge in [-0.3, -0.25) is 4.79 Å². The van der Waals surface area contributed by atoms with Crippen molar-refractivity contribution in [2.45, 2.75) is 0 Å². The number of halogens is 2. The van der Waals surface area contributed by atoms with Crippen molar-refractivity contribution < 1.29 is 18.3 Å². The summed E-state index contributed by atoms with van der Waals surface area (Å²) in [6.07, 6.45) is 0.898. The van der Waals surface area contributed by atoms with Crippen LogP contribution in [0.1, 0.15) is 0 Å². The number of carbonyl (C=O) groups is 1. The fraction of sp³-hybridized carbons (Fsp3) is 0.333. The Kier molecular flexibility index (Phi) is 4.59. The van der Waals surface area contributed by atoms with E-state index in [1.165, 1.54) is 0 Å². The zero-order valence-electron chi connectivity index (χ0n) is 8.37. The molecule has 1 aromatic heterocycles. The van der Waals surface area contributed by atoms with Crippen LogP contribution < -0.4 is 11.1 Å². The Bertz CT molecular complexity index is 374. The molecule has 0 radical (unpaired) electrons. The Morgan fingerprint density at radius 2 is 2.31 bits per heavy atom. The minimum atomic E-state index is -0.782. The van der Waals surface area contributed by atoms with E-state index in [9.17, 15) is 13.6 Å². The molecule has 0 spiro atoms. The third-order valence-corrected chi connectivity index (χ3v) is 1.59. The summed E-state index contributed by atoms with van der Waals surface area (Å²) < 4.78 is 30.3. The van der Waals surface area contributed by atoms with Crippen LogP contribution in [0.15, 0.2) is 12.3 Å². The summed E-state index contributed by atoms with van der Waals surface area (Å²) in [5, 5.41) is 2.58. The van der Waals surface area contributed by atoms with E-state index >= 15 is 0 Å². The van der Waals surface area contributed by atoms with Gasteiger partial charge in [-0.25, -0.2) is 13.8 Å². The van der Waals surface area contributed by atoms with Crippen LogP contribution in [-0.4, -0.2) is 30.6 Å². The summed E-state index contributed by atoms with van der Waals surface area (Å²) in [7, 11) is 0. The third-order valence-electron chi connectivity index (χ3n) is 1.59. The largest absolute Gasteiger partial charge is 0.370 e. The molecule has 0 unspecified atom stereocenters. The van der Waals surface area contributed by atoms with Crippen molar-refractivity contribution in [2.75, 3.05) is 25.1 Å². The molecule has 0 aliphatic carbocycles. The number of amides is 1. The second-order valence-electron chi connectivity index (χ2n) is 2.93. The van der Waals surface area contributed by atoms with Crippen LogP contribution in [0.3, 0.4) is 0 Å². The minimum Gasteiger partial charge on any atom is -0.370 e. The van der Waals surface area contributed by atoms with E-state index < -0.39 is 17.5 Å². The topological polar surface area (TPSA) is 77.2 Å². The second kappa shape index (κ2) is 5.96. The van der Waals surface area contributed by atoms with Gasteiger partial charge in [0.05, 0.1) is 12.8 Å². The van der Waals surface area contributed by atoms with Crippen molar-refractivity contribution in [1.29, 1.82) is 0 Å². The van der Waals surface area contributed by atoms with Gasteiger partial charge in [0.1, 0.15) is 12.4 Å². The minimum absolute atomic E-state index is 0.0657. The van der Waals surface area contributed by atoms with Crippen LogP contribution in [-0.2, 0) is 9.53 Å². The number of ether oxygens (including phenoxy) is 1. The van der Waals surface area contributed by atoms with Gasteiger partial charge in [0.25, 0.3) is 0 Å². The summed E-state index contributed by atoms with van der Waals surface area (Å²) >= 11 is 0. The molecule has 3 N–H and O–H groups in total. The molecule has 1 rings (SSSR count). The number of carbonyl (C=O) groups excluding carboxylic acids is 1. The molecule has 88 valence electrons. The number of pyridine rings is 1. The van der Waals surface area contributed by atoms with Crippen molar-refractivity contribution in [2.24, 2.45) is 5.73 Å². The standard InChI is InChI=1S/C9H11F2N3O2/c10-6-3-7(11)9(14-4-6)13-1-2-16-5-8(12)15/h3-4H,1-2,5H2,(H2,12,15)(H,13,14). The van der Waals surface area contributed by atoms with E-state index in [2.05, 4.69) is 10.3 Å². The molecule has 0 fully saturated rings. The molecule has 0 aromatic carbocycles. The highest BCUT2D eigenvalue weighted by atomic mass is 19.1. The normalized spacial score (nSPS) is 10.1. The maximum atomic E-state index is 13.0. The Morgan fingerprint density at radius 1 is 1.56 bits per heavy atom. The number of nitrogens with one attached hydrogen (secondary N) is 1. The number of anilines is 1. The molecule has 7 heteroatoms. The van der Waals surface area contributed by atoms with Crippen LogP contribution in [0.5, 0.6) is 0 Å². The van der Waals surface area contributed by atoms with E-state index in [4.69, 9.17) is 10.5 Å². The highest BCUT2D eigenvalue weighted by Crippen LogP contribution is 2.10. The third kappa shape index (κ3) is 4.18. The highest BCUT2D eigenvalue weighted by Gasteiger charge is 2.04. The van der Waals surface area contributed by atoms with Crippen LogP contribution in [0, 0.1) is 11.6 Å². The number of hydrogen-bond donors (Lipinski definition) is 2. The Hall–Kier alpha value is -1.76. The Balaban J connectivity index is 2.29. The number of nitrogens with zero attached hydrogens (tertiary/aromatic N) is 1. The maximum absolute atomic E-state index is 13.0. The van der Waals surface area contributed by atoms with Gasteiger partial charge in [-0.05, 0) is 0 Å². The molecule has 1 aromatic rings. The van der Waals surface area contributed by atoms with E-state index in [1.807, 2.05) is 0 Å². The van der Waals surface area contributed by atoms with Crippen molar-refractivity contribution >= 4 is 11.7 Å². The first-order valence-corrected chi connectivity index (χ1v) is 4.50. The van der Waals surface area contributed by atoms with Gasteiger partial charge >= 0.3 is 0 Å². The van der Waals surface area contributed by atoms with Crippen LogP contribution in [0.25, 0.3) is 0 Å². The van der Waals surface area contributed by atoms with Crippen LogP contribution >= 0.6 is 0 Å². The van der Waals surface area contributed by atoms with Gasteiger partial charge < -0.3 is 15.8 Å². The summed E-state index contributed by atoms with van der Waals surface area (Å²) in [6.45, 7) is 0.214. The Morgan fingerprint density at radius 3 is 2.94 bits per heavy atom. The van der Waals surface area contributed by atoms with Crippen molar-refractivity contribution in [3.8, 4) is 0 Å². The van der Waals surface area contributed by atoms with Gasteiger partial charge in [-0.2, -0.15) is 0 Å². The molecule has 0 saturated heterocycles. The summed E-state index contributed by atoms with van der Waals surface area (Å²) in [6, 6.07) is 0.722. The van der Waals surface area contributed by atoms with E-state index in [1.54, 1.807) is 0 Å². The van der Waals surface area contributed by atoms with Crippen molar-refractivity contribution in [1.82, 2.24) is 4.98 Å². The van der Waals surface area contributed by atoms with Gasteiger partial charge in [0, 0.05) is 12.6 Å². The quantitative estimate of drug-likeness (QED) is 0.689. The number of hydrogen-bond acceptors (Lipinski definition) is 4. The Labute approximate surface area is 90.6 Å². The van der Waals surface area contributed by atoms with Gasteiger partial charge in [-0.15, -0.1) is 0 Å². The predicted molar refractivity (Wildman–Crippen MR) is 52.7 cm³/mol. The number of nitrogens with two attached hydrogens (primary N) is 1. The smallest absolute Gasteiger partial charge is 0.243 e. The van der Waals surface area contributed by atoms with E-state index in [0.29, 0.717) is 0 Å². The lowest BCUT2D eigenvalue weighted by Crippen LogP contribution is -2.21. The average Bonchev–Trinajstić information content (AvgIpc) is 2.20. The maximum Gasteiger partial charge on any atom is 0.243 e. The molecule has 1 amide bonds. The first kappa shape index (κ1) is 12.3. The zero-order chi connectivity index (χ0) is 12.0. The fourth-order valence-electron chi connectivity index (χ4n) is 0.959. The molecule has 0 aliphatic heterocycles. The first-order chi connectivity index (χ1) is 7.59. The monoisotopic (exact) mass is 231 g/mol. The molecule has 1 heterocycles. The first-order valence-electron chi connectivity index (χ1n) is 4.50. The molecule has 5 nitrogen and oxygen atoms in total. The predicted octanol–water partition coefficient (Wildman–Crippen LogP) is 0.274. The number of aromatic nitrogens is 1. The van der Waals surface area contributed by atoms with Crippen molar-refractivity contribution in [3.63, 3.8) is 0 Å². The SMILES string of the molecule is NC(=O)COCCNc1ncc(F)cc1F. The fourth-order valence-corrected chi connectivity index (χ4v) is 0.959. The number of primary amides is 1.